The lowest BCUT2D eigenvalue weighted by Crippen LogP contribution is -2.38. The van der Waals surface area contributed by atoms with Crippen LogP contribution in [0.25, 0.3) is 0 Å². The van der Waals surface area contributed by atoms with Gasteiger partial charge in [-0.1, -0.05) is 0 Å². The molecule has 0 aliphatic rings. The van der Waals surface area contributed by atoms with Crippen molar-refractivity contribution in [3.63, 3.8) is 0 Å². The van der Waals surface area contributed by atoms with Crippen molar-refractivity contribution in [2.45, 2.75) is 13.8 Å². The molecule has 0 aromatic heterocycles. The second-order valence-corrected chi connectivity index (χ2v) is 2.98. The fraction of sp³-hybridized carbons (Fsp3) is 0.778. The Hall–Kier alpha value is -1.10. The van der Waals surface area contributed by atoms with Crippen molar-refractivity contribution in [1.29, 1.82) is 0 Å². The van der Waals surface area contributed by atoms with E-state index in [2.05, 4.69) is 5.32 Å². The van der Waals surface area contributed by atoms with E-state index in [1.165, 1.54) is 13.8 Å². The van der Waals surface area contributed by atoms with Gasteiger partial charge in [0.05, 0.1) is 6.61 Å². The fourth-order valence-electron chi connectivity index (χ4n) is 0.995. The number of amides is 2. The van der Waals surface area contributed by atoms with Crippen molar-refractivity contribution in [1.82, 2.24) is 10.2 Å². The van der Waals surface area contributed by atoms with Crippen LogP contribution in [-0.4, -0.2) is 50.1 Å². The maximum absolute atomic E-state index is 11.1. The average molecular weight is 202 g/mol. The molecular weight excluding hydrogens is 184 g/mol. The molecule has 0 spiro atoms. The minimum atomic E-state index is -0.0831. The van der Waals surface area contributed by atoms with Crippen LogP contribution in [-0.2, 0) is 14.3 Å². The van der Waals surface area contributed by atoms with E-state index in [1.54, 1.807) is 12.0 Å². The lowest BCUT2D eigenvalue weighted by Gasteiger charge is -2.20. The van der Waals surface area contributed by atoms with Gasteiger partial charge in [0.25, 0.3) is 0 Å². The van der Waals surface area contributed by atoms with Crippen LogP contribution in [0.4, 0.5) is 0 Å². The van der Waals surface area contributed by atoms with Gasteiger partial charge in [0.15, 0.2) is 0 Å². The molecule has 0 saturated heterocycles. The van der Waals surface area contributed by atoms with Crippen molar-refractivity contribution >= 4 is 11.8 Å². The Morgan fingerprint density at radius 1 is 1.29 bits per heavy atom. The first kappa shape index (κ1) is 12.9. The molecule has 0 aromatic carbocycles. The summed E-state index contributed by atoms with van der Waals surface area (Å²) in [5, 5.41) is 2.63. The SMILES string of the molecule is COCCN(CCNC(C)=O)C(C)=O. The van der Waals surface area contributed by atoms with Gasteiger partial charge in [-0.25, -0.2) is 0 Å². The zero-order chi connectivity index (χ0) is 11.0. The minimum absolute atomic E-state index is 0.00704. The van der Waals surface area contributed by atoms with Crippen molar-refractivity contribution in [3.8, 4) is 0 Å². The van der Waals surface area contributed by atoms with E-state index in [-0.39, 0.29) is 11.8 Å². The van der Waals surface area contributed by atoms with Gasteiger partial charge in [0.1, 0.15) is 0 Å². The molecule has 5 nitrogen and oxygen atoms in total. The minimum Gasteiger partial charge on any atom is -0.383 e. The number of rotatable bonds is 6. The number of hydrogen-bond donors (Lipinski definition) is 1. The quantitative estimate of drug-likeness (QED) is 0.638. The van der Waals surface area contributed by atoms with Gasteiger partial charge in [-0.05, 0) is 0 Å². The van der Waals surface area contributed by atoms with E-state index in [4.69, 9.17) is 4.74 Å². The van der Waals surface area contributed by atoms with Gasteiger partial charge < -0.3 is 15.0 Å². The van der Waals surface area contributed by atoms with Crippen LogP contribution >= 0.6 is 0 Å². The van der Waals surface area contributed by atoms with E-state index in [1.807, 2.05) is 0 Å². The summed E-state index contributed by atoms with van der Waals surface area (Å²) in [5.41, 5.74) is 0. The van der Waals surface area contributed by atoms with Gasteiger partial charge in [0, 0.05) is 40.6 Å². The van der Waals surface area contributed by atoms with Crippen LogP contribution in [0.5, 0.6) is 0 Å². The number of carbonyl (C=O) groups excluding carboxylic acids is 2. The third-order valence-corrected chi connectivity index (χ3v) is 1.77. The molecule has 82 valence electrons. The maximum atomic E-state index is 11.1. The summed E-state index contributed by atoms with van der Waals surface area (Å²) in [6.45, 7) is 5.04. The lowest BCUT2D eigenvalue weighted by atomic mass is 10.4. The summed E-state index contributed by atoms with van der Waals surface area (Å²) in [6.07, 6.45) is 0. The number of methoxy groups -OCH3 is 1. The number of carbonyl (C=O) groups is 2. The molecule has 1 N–H and O–H groups in total. The first-order valence-corrected chi connectivity index (χ1v) is 4.56. The third kappa shape index (κ3) is 6.42. The van der Waals surface area contributed by atoms with Gasteiger partial charge in [-0.2, -0.15) is 0 Å². The second-order valence-electron chi connectivity index (χ2n) is 2.98. The topological polar surface area (TPSA) is 58.6 Å². The Balaban J connectivity index is 3.73. The number of nitrogens with zero attached hydrogens (tertiary/aromatic N) is 1. The van der Waals surface area contributed by atoms with Gasteiger partial charge >= 0.3 is 0 Å². The zero-order valence-corrected chi connectivity index (χ0v) is 9.00. The fourth-order valence-corrected chi connectivity index (χ4v) is 0.995. The third-order valence-electron chi connectivity index (χ3n) is 1.77. The Labute approximate surface area is 84.4 Å². The van der Waals surface area contributed by atoms with E-state index in [9.17, 15) is 9.59 Å². The summed E-state index contributed by atoms with van der Waals surface area (Å²) in [5.74, 6) is -0.0901. The molecule has 0 rings (SSSR count). The van der Waals surface area contributed by atoms with E-state index in [0.717, 1.165) is 0 Å². The molecule has 0 saturated carbocycles. The van der Waals surface area contributed by atoms with Crippen molar-refractivity contribution in [2.75, 3.05) is 33.4 Å². The molecular formula is C9H18N2O3. The van der Waals surface area contributed by atoms with Crippen LogP contribution in [0, 0.1) is 0 Å². The van der Waals surface area contributed by atoms with Crippen LogP contribution in [0.1, 0.15) is 13.8 Å². The molecule has 0 aliphatic heterocycles. The van der Waals surface area contributed by atoms with Crippen LogP contribution in [0.2, 0.25) is 0 Å². The zero-order valence-electron chi connectivity index (χ0n) is 9.00. The van der Waals surface area contributed by atoms with Crippen LogP contribution in [0.3, 0.4) is 0 Å². The van der Waals surface area contributed by atoms with Crippen LogP contribution < -0.4 is 5.32 Å². The number of nitrogens with one attached hydrogen (secondary N) is 1. The van der Waals surface area contributed by atoms with Crippen LogP contribution in [0.15, 0.2) is 0 Å². The van der Waals surface area contributed by atoms with E-state index >= 15 is 0 Å². The van der Waals surface area contributed by atoms with Crippen molar-refractivity contribution < 1.29 is 14.3 Å². The Kier molecular flexibility index (Phi) is 6.74. The molecule has 0 atom stereocenters. The molecule has 2 amide bonds. The molecule has 14 heavy (non-hydrogen) atoms. The largest absolute Gasteiger partial charge is 0.383 e. The van der Waals surface area contributed by atoms with Gasteiger partial charge in [-0.3, -0.25) is 9.59 Å². The molecule has 0 unspecified atom stereocenters. The van der Waals surface area contributed by atoms with Gasteiger partial charge in [-0.15, -0.1) is 0 Å². The van der Waals surface area contributed by atoms with Crippen molar-refractivity contribution in [2.24, 2.45) is 0 Å². The highest BCUT2D eigenvalue weighted by Crippen LogP contribution is 1.88. The van der Waals surface area contributed by atoms with E-state index < -0.39 is 0 Å². The standard InChI is InChI=1S/C9H18N2O3/c1-8(12)10-4-5-11(9(2)13)6-7-14-3/h4-7H2,1-3H3,(H,10,12). The normalized spacial score (nSPS) is 9.64. The molecule has 0 bridgehead atoms. The predicted molar refractivity (Wildman–Crippen MR) is 52.8 cm³/mol. The highest BCUT2D eigenvalue weighted by Gasteiger charge is 2.07. The molecule has 0 radical (unpaired) electrons. The molecule has 0 aliphatic carbocycles. The first-order valence-electron chi connectivity index (χ1n) is 4.56. The second kappa shape index (κ2) is 7.32. The molecule has 5 heteroatoms. The van der Waals surface area contributed by atoms with E-state index in [0.29, 0.717) is 26.2 Å². The molecule has 0 fully saturated rings. The predicted octanol–water partition coefficient (Wildman–Crippen LogP) is -0.383. The smallest absolute Gasteiger partial charge is 0.219 e. The molecule has 0 heterocycles. The highest BCUT2D eigenvalue weighted by molar-refractivity contribution is 5.74. The summed E-state index contributed by atoms with van der Waals surface area (Å²) in [4.78, 5) is 23.3. The number of hydrogen-bond acceptors (Lipinski definition) is 3. The first-order chi connectivity index (χ1) is 6.57. The highest BCUT2D eigenvalue weighted by atomic mass is 16.5. The summed E-state index contributed by atoms with van der Waals surface area (Å²) in [6, 6.07) is 0. The monoisotopic (exact) mass is 202 g/mol. The number of ether oxygens (including phenoxy) is 1. The Morgan fingerprint density at radius 2 is 1.93 bits per heavy atom. The molecule has 0 aromatic rings. The Bertz CT molecular complexity index is 194. The van der Waals surface area contributed by atoms with Crippen molar-refractivity contribution in [3.05, 3.63) is 0 Å². The lowest BCUT2D eigenvalue weighted by molar-refractivity contribution is -0.130. The van der Waals surface area contributed by atoms with Gasteiger partial charge in [0.2, 0.25) is 11.8 Å². The summed E-state index contributed by atoms with van der Waals surface area (Å²) in [7, 11) is 1.59. The Morgan fingerprint density at radius 3 is 2.36 bits per heavy atom. The maximum Gasteiger partial charge on any atom is 0.219 e. The average Bonchev–Trinajstić information content (AvgIpc) is 2.09. The summed E-state index contributed by atoms with van der Waals surface area (Å²) < 4.78 is 4.87. The summed E-state index contributed by atoms with van der Waals surface area (Å²) >= 11 is 0.